The molecule has 0 saturated carbocycles. The molecule has 0 bridgehead atoms. The second-order valence-corrected chi connectivity index (χ2v) is 6.97. The van der Waals surface area contributed by atoms with Gasteiger partial charge in [-0.15, -0.1) is 0 Å². The first-order valence-corrected chi connectivity index (χ1v) is 8.60. The zero-order valence-electron chi connectivity index (χ0n) is 12.5. The SMILES string of the molecule is CC(c1ccc(Cl)c(Cl)c1)n1[nH]cc(-c2ccc(Cl)c(Cl)c2)c1=O. The van der Waals surface area contributed by atoms with Gasteiger partial charge in [0.05, 0.1) is 31.7 Å². The van der Waals surface area contributed by atoms with Crippen molar-refractivity contribution in [2.75, 3.05) is 0 Å². The van der Waals surface area contributed by atoms with E-state index in [-0.39, 0.29) is 11.6 Å². The molecule has 0 aliphatic rings. The lowest BCUT2D eigenvalue weighted by Gasteiger charge is -2.13. The molecular weight excluding hydrogens is 390 g/mol. The zero-order chi connectivity index (χ0) is 17.4. The predicted molar refractivity (Wildman–Crippen MR) is 101 cm³/mol. The molecule has 124 valence electrons. The van der Waals surface area contributed by atoms with Crippen LogP contribution >= 0.6 is 46.4 Å². The van der Waals surface area contributed by atoms with E-state index in [9.17, 15) is 4.79 Å². The number of H-pyrrole nitrogens is 1. The summed E-state index contributed by atoms with van der Waals surface area (Å²) in [4.78, 5) is 12.7. The second-order valence-electron chi connectivity index (χ2n) is 5.34. The van der Waals surface area contributed by atoms with E-state index in [4.69, 9.17) is 46.4 Å². The lowest BCUT2D eigenvalue weighted by molar-refractivity contribution is 0.548. The Labute approximate surface area is 158 Å². The smallest absolute Gasteiger partial charge is 0.274 e. The van der Waals surface area contributed by atoms with Crippen LogP contribution in [0.2, 0.25) is 20.1 Å². The number of rotatable bonds is 3. The second kappa shape index (κ2) is 6.85. The van der Waals surface area contributed by atoms with Crippen molar-refractivity contribution in [2.45, 2.75) is 13.0 Å². The molecule has 3 aromatic rings. The molecule has 24 heavy (non-hydrogen) atoms. The molecule has 3 rings (SSSR count). The van der Waals surface area contributed by atoms with Crippen LogP contribution in [0.5, 0.6) is 0 Å². The van der Waals surface area contributed by atoms with Crippen molar-refractivity contribution in [1.29, 1.82) is 0 Å². The summed E-state index contributed by atoms with van der Waals surface area (Å²) in [6.07, 6.45) is 1.65. The van der Waals surface area contributed by atoms with Gasteiger partial charge in [0.15, 0.2) is 0 Å². The van der Waals surface area contributed by atoms with E-state index in [0.29, 0.717) is 31.2 Å². The standard InChI is InChI=1S/C17H12Cl4N2O/c1-9(10-2-4-13(18)15(20)6-10)23-17(24)12(8-22-23)11-3-5-14(19)16(21)7-11/h2-9,22H,1H3. The van der Waals surface area contributed by atoms with Crippen molar-refractivity contribution in [3.05, 3.63) is 78.6 Å². The van der Waals surface area contributed by atoms with Crippen LogP contribution in [0, 0.1) is 0 Å². The van der Waals surface area contributed by atoms with Gasteiger partial charge in [-0.05, 0) is 42.3 Å². The third-order valence-electron chi connectivity index (χ3n) is 3.84. The van der Waals surface area contributed by atoms with Gasteiger partial charge >= 0.3 is 0 Å². The number of halogens is 4. The molecule has 3 nitrogen and oxygen atoms in total. The summed E-state index contributed by atoms with van der Waals surface area (Å²) in [5.41, 5.74) is 1.92. The van der Waals surface area contributed by atoms with Crippen LogP contribution in [0.25, 0.3) is 11.1 Å². The lowest BCUT2D eigenvalue weighted by Crippen LogP contribution is -2.22. The molecule has 0 aliphatic carbocycles. The fourth-order valence-corrected chi connectivity index (χ4v) is 3.07. The minimum atomic E-state index is -0.233. The summed E-state index contributed by atoms with van der Waals surface area (Å²) in [7, 11) is 0. The van der Waals surface area contributed by atoms with Crippen molar-refractivity contribution in [2.24, 2.45) is 0 Å². The summed E-state index contributed by atoms with van der Waals surface area (Å²) >= 11 is 24.0. The van der Waals surface area contributed by atoms with Crippen molar-refractivity contribution in [1.82, 2.24) is 9.78 Å². The highest BCUT2D eigenvalue weighted by Gasteiger charge is 2.16. The van der Waals surface area contributed by atoms with Gasteiger partial charge < -0.3 is 5.10 Å². The first kappa shape index (κ1) is 17.4. The van der Waals surface area contributed by atoms with E-state index >= 15 is 0 Å². The van der Waals surface area contributed by atoms with Crippen LogP contribution in [0.4, 0.5) is 0 Å². The van der Waals surface area contributed by atoms with E-state index in [0.717, 1.165) is 5.56 Å². The van der Waals surface area contributed by atoms with E-state index < -0.39 is 0 Å². The summed E-state index contributed by atoms with van der Waals surface area (Å²) in [6.45, 7) is 1.90. The van der Waals surface area contributed by atoms with Crippen molar-refractivity contribution < 1.29 is 0 Å². The predicted octanol–water partition coefficient (Wildman–Crippen LogP) is 6.07. The fraction of sp³-hybridized carbons (Fsp3) is 0.118. The van der Waals surface area contributed by atoms with Crippen LogP contribution < -0.4 is 5.56 Å². The van der Waals surface area contributed by atoms with E-state index in [1.54, 1.807) is 36.5 Å². The van der Waals surface area contributed by atoms with E-state index in [2.05, 4.69) is 5.10 Å². The Bertz CT molecular complexity index is 961. The summed E-state index contributed by atoms with van der Waals surface area (Å²) in [6, 6.07) is 10.2. The fourth-order valence-electron chi connectivity index (χ4n) is 2.46. The van der Waals surface area contributed by atoms with Crippen LogP contribution in [-0.4, -0.2) is 9.78 Å². The maximum absolute atomic E-state index is 12.7. The molecule has 7 heteroatoms. The Kier molecular flexibility index (Phi) is 4.97. The van der Waals surface area contributed by atoms with Crippen LogP contribution in [0.3, 0.4) is 0 Å². The molecule has 1 unspecified atom stereocenters. The molecule has 1 N–H and O–H groups in total. The number of nitrogens with one attached hydrogen (secondary N) is 1. The van der Waals surface area contributed by atoms with Crippen molar-refractivity contribution in [3.63, 3.8) is 0 Å². The van der Waals surface area contributed by atoms with Gasteiger partial charge in [0.2, 0.25) is 0 Å². The van der Waals surface area contributed by atoms with Gasteiger partial charge in [-0.25, -0.2) is 4.68 Å². The molecule has 1 aromatic heterocycles. The molecule has 1 atom stereocenters. The van der Waals surface area contributed by atoms with Crippen LogP contribution in [0.1, 0.15) is 18.5 Å². The Morgan fingerprint density at radius 2 is 1.54 bits per heavy atom. The number of nitrogens with zero attached hydrogens (tertiary/aromatic N) is 1. The van der Waals surface area contributed by atoms with Crippen molar-refractivity contribution >= 4 is 46.4 Å². The van der Waals surface area contributed by atoms with E-state index in [1.165, 1.54) is 4.68 Å². The van der Waals surface area contributed by atoms with Gasteiger partial charge in [-0.1, -0.05) is 58.5 Å². The quantitative estimate of drug-likeness (QED) is 0.568. The molecule has 0 amide bonds. The molecule has 1 heterocycles. The maximum Gasteiger partial charge on any atom is 0.274 e. The zero-order valence-corrected chi connectivity index (χ0v) is 15.5. The summed E-state index contributed by atoms with van der Waals surface area (Å²) in [5.74, 6) is 0. The maximum atomic E-state index is 12.7. The molecular formula is C17H12Cl4N2O. The molecule has 0 saturated heterocycles. The third kappa shape index (κ3) is 3.22. The minimum Gasteiger partial charge on any atom is -0.302 e. The summed E-state index contributed by atoms with van der Waals surface area (Å²) < 4.78 is 1.53. The van der Waals surface area contributed by atoms with Gasteiger partial charge in [-0.2, -0.15) is 0 Å². The Morgan fingerprint density at radius 1 is 0.917 bits per heavy atom. The number of hydrogen-bond acceptors (Lipinski definition) is 1. The number of aromatic amines is 1. The minimum absolute atomic E-state index is 0.160. The highest BCUT2D eigenvalue weighted by molar-refractivity contribution is 6.42. The Morgan fingerprint density at radius 3 is 2.17 bits per heavy atom. The highest BCUT2D eigenvalue weighted by atomic mass is 35.5. The van der Waals surface area contributed by atoms with Gasteiger partial charge in [0.25, 0.3) is 5.56 Å². The van der Waals surface area contributed by atoms with Gasteiger partial charge in [-0.3, -0.25) is 4.79 Å². The highest BCUT2D eigenvalue weighted by Crippen LogP contribution is 2.29. The number of aromatic nitrogens is 2. The monoisotopic (exact) mass is 400 g/mol. The lowest BCUT2D eigenvalue weighted by atomic mass is 10.1. The average molecular weight is 402 g/mol. The number of hydrogen-bond donors (Lipinski definition) is 1. The third-order valence-corrected chi connectivity index (χ3v) is 5.32. The topological polar surface area (TPSA) is 37.8 Å². The molecule has 2 aromatic carbocycles. The molecule has 0 radical (unpaired) electrons. The van der Waals surface area contributed by atoms with Gasteiger partial charge in [0.1, 0.15) is 0 Å². The van der Waals surface area contributed by atoms with Crippen LogP contribution in [0.15, 0.2) is 47.4 Å². The molecule has 0 spiro atoms. The average Bonchev–Trinajstić information content (AvgIpc) is 2.93. The number of benzene rings is 2. The van der Waals surface area contributed by atoms with Gasteiger partial charge in [0, 0.05) is 6.20 Å². The van der Waals surface area contributed by atoms with Crippen LogP contribution in [-0.2, 0) is 0 Å². The molecule has 0 fully saturated rings. The largest absolute Gasteiger partial charge is 0.302 e. The Balaban J connectivity index is 2.01. The normalized spacial score (nSPS) is 12.4. The Hall–Kier alpha value is -1.39. The first-order valence-electron chi connectivity index (χ1n) is 7.08. The molecule has 0 aliphatic heterocycles. The van der Waals surface area contributed by atoms with Crippen molar-refractivity contribution in [3.8, 4) is 11.1 Å². The summed E-state index contributed by atoms with van der Waals surface area (Å²) in [5, 5.41) is 4.76. The first-order chi connectivity index (χ1) is 11.4. The van der Waals surface area contributed by atoms with E-state index in [1.807, 2.05) is 13.0 Å².